The van der Waals surface area contributed by atoms with Crippen LogP contribution in [0.2, 0.25) is 5.02 Å². The predicted octanol–water partition coefficient (Wildman–Crippen LogP) is 4.62. The minimum absolute atomic E-state index is 0.0253. The predicted molar refractivity (Wildman–Crippen MR) is 150 cm³/mol. The third-order valence-electron chi connectivity index (χ3n) is 7.76. The lowest BCUT2D eigenvalue weighted by molar-refractivity contribution is 0.0567. The van der Waals surface area contributed by atoms with Gasteiger partial charge in [-0.15, -0.1) is 6.58 Å². The van der Waals surface area contributed by atoms with E-state index in [2.05, 4.69) is 16.8 Å². The summed E-state index contributed by atoms with van der Waals surface area (Å²) in [5.41, 5.74) is 0.443. The number of halogens is 3. The highest BCUT2D eigenvalue weighted by Crippen LogP contribution is 2.45. The first-order valence-electron chi connectivity index (χ1n) is 13.4. The van der Waals surface area contributed by atoms with Gasteiger partial charge in [-0.05, 0) is 55.9 Å². The fraction of sp³-hybridized carbons (Fsp3) is 0.400. The summed E-state index contributed by atoms with van der Waals surface area (Å²) in [5.74, 6) is -0.998. The number of carbonyl (C=O) groups is 1. The van der Waals surface area contributed by atoms with E-state index in [4.69, 9.17) is 16.3 Å². The van der Waals surface area contributed by atoms with E-state index in [-0.39, 0.29) is 46.4 Å². The molecular formula is C30H32ClF2N3O4. The summed E-state index contributed by atoms with van der Waals surface area (Å²) in [6.45, 7) is 7.19. The first-order valence-corrected chi connectivity index (χ1v) is 13.8. The molecule has 7 nitrogen and oxygen atoms in total. The van der Waals surface area contributed by atoms with Gasteiger partial charge >= 0.3 is 0 Å². The van der Waals surface area contributed by atoms with Crippen LogP contribution in [0.4, 0.5) is 8.78 Å². The molecule has 1 aliphatic heterocycles. The zero-order valence-electron chi connectivity index (χ0n) is 22.2. The van der Waals surface area contributed by atoms with Crippen LogP contribution < -0.4 is 15.5 Å². The smallest absolute Gasteiger partial charge is 0.256 e. The minimum atomic E-state index is -0.762. The lowest BCUT2D eigenvalue weighted by atomic mass is 10.0. The van der Waals surface area contributed by atoms with Crippen molar-refractivity contribution in [3.05, 3.63) is 87.2 Å². The second kappa shape index (κ2) is 11.7. The Morgan fingerprint density at radius 1 is 1.25 bits per heavy atom. The molecule has 1 saturated carbocycles. The second-order valence-electron chi connectivity index (χ2n) is 10.7. The summed E-state index contributed by atoms with van der Waals surface area (Å²) in [4.78, 5) is 28.5. The number of pyridine rings is 1. The van der Waals surface area contributed by atoms with Gasteiger partial charge in [0, 0.05) is 49.4 Å². The molecule has 2 heterocycles. The molecule has 1 saturated heterocycles. The van der Waals surface area contributed by atoms with E-state index in [1.165, 1.54) is 12.1 Å². The van der Waals surface area contributed by atoms with Crippen LogP contribution in [-0.2, 0) is 0 Å². The number of β-amino-alcohol motifs (C(OH)–C–C–N with tert-alkyl or cyclic N) is 1. The number of allylic oxidation sites excluding steroid dienone is 1. The molecule has 3 unspecified atom stereocenters. The van der Waals surface area contributed by atoms with Crippen LogP contribution in [0.1, 0.15) is 41.2 Å². The Morgan fingerprint density at radius 2 is 2.00 bits per heavy atom. The van der Waals surface area contributed by atoms with Crippen molar-refractivity contribution in [2.24, 2.45) is 5.92 Å². The van der Waals surface area contributed by atoms with E-state index in [1.807, 2.05) is 10.6 Å². The molecule has 1 aromatic heterocycles. The molecule has 2 aliphatic rings. The molecule has 1 amide bonds. The number of aliphatic hydroxyl groups excluding tert-OH is 1. The van der Waals surface area contributed by atoms with Crippen molar-refractivity contribution in [3.63, 3.8) is 0 Å². The van der Waals surface area contributed by atoms with Crippen molar-refractivity contribution in [3.8, 4) is 5.75 Å². The van der Waals surface area contributed by atoms with Crippen molar-refractivity contribution in [2.75, 3.05) is 26.2 Å². The zero-order chi connectivity index (χ0) is 28.6. The standard InChI is InChI=1S/C30H32ClF2N3O4/c1-3-18-10-27(18)36-15-23(29(38)22-12-26(33)24(31)13-28(22)36)30(39)34-19-6-8-35(9-7-19)14-20(37)16-40-21-5-4-17(2)25(32)11-21/h3-5,11-13,15,18-20,27,37H,1,6-10,14,16H2,2H3,(H,34,39). The number of carbonyl (C=O) groups excluding carboxylic acids is 1. The third kappa shape index (κ3) is 6.06. The Hall–Kier alpha value is -3.27. The third-order valence-corrected chi connectivity index (χ3v) is 8.05. The zero-order valence-corrected chi connectivity index (χ0v) is 23.0. The summed E-state index contributed by atoms with van der Waals surface area (Å²) in [7, 11) is 0. The number of hydrogen-bond donors (Lipinski definition) is 2. The van der Waals surface area contributed by atoms with Gasteiger partial charge in [-0.3, -0.25) is 9.59 Å². The van der Waals surface area contributed by atoms with E-state index < -0.39 is 23.3 Å². The fourth-order valence-electron chi connectivity index (χ4n) is 5.28. The molecule has 1 aliphatic carbocycles. The number of benzene rings is 2. The number of amides is 1. The number of nitrogens with zero attached hydrogens (tertiary/aromatic N) is 2. The topological polar surface area (TPSA) is 83.8 Å². The molecule has 2 aromatic carbocycles. The highest BCUT2D eigenvalue weighted by molar-refractivity contribution is 6.31. The number of rotatable bonds is 9. The highest BCUT2D eigenvalue weighted by atomic mass is 35.5. The Kier molecular flexibility index (Phi) is 8.26. The largest absolute Gasteiger partial charge is 0.491 e. The molecule has 3 atom stereocenters. The van der Waals surface area contributed by atoms with Gasteiger partial charge in [0.1, 0.15) is 35.7 Å². The Bertz CT molecular complexity index is 1500. The van der Waals surface area contributed by atoms with Crippen LogP contribution in [-0.4, -0.2) is 58.9 Å². The number of hydrogen-bond acceptors (Lipinski definition) is 5. The molecule has 0 bridgehead atoms. The van der Waals surface area contributed by atoms with Crippen molar-refractivity contribution in [2.45, 2.75) is 44.4 Å². The van der Waals surface area contributed by atoms with Crippen LogP contribution in [0, 0.1) is 24.5 Å². The van der Waals surface area contributed by atoms with Crippen LogP contribution in [0.25, 0.3) is 10.9 Å². The summed E-state index contributed by atoms with van der Waals surface area (Å²) in [6.07, 6.45) is 4.70. The average Bonchev–Trinajstić information content (AvgIpc) is 3.71. The maximum absolute atomic E-state index is 14.3. The van der Waals surface area contributed by atoms with Gasteiger partial charge < -0.3 is 24.6 Å². The quantitative estimate of drug-likeness (QED) is 0.366. The maximum atomic E-state index is 14.3. The summed E-state index contributed by atoms with van der Waals surface area (Å²) in [6, 6.07) is 6.99. The van der Waals surface area contributed by atoms with E-state index in [1.54, 1.807) is 25.3 Å². The maximum Gasteiger partial charge on any atom is 0.256 e. The monoisotopic (exact) mass is 571 g/mol. The van der Waals surface area contributed by atoms with Crippen molar-refractivity contribution >= 4 is 28.4 Å². The van der Waals surface area contributed by atoms with E-state index in [9.17, 15) is 23.5 Å². The fourth-order valence-corrected chi connectivity index (χ4v) is 5.44. The van der Waals surface area contributed by atoms with Gasteiger partial charge in [0.05, 0.1) is 10.5 Å². The highest BCUT2D eigenvalue weighted by Gasteiger charge is 2.37. The lowest BCUT2D eigenvalue weighted by Crippen LogP contribution is -2.47. The molecule has 0 spiro atoms. The number of likely N-dealkylation sites (tertiary alicyclic amines) is 1. The van der Waals surface area contributed by atoms with Gasteiger partial charge in [-0.2, -0.15) is 0 Å². The van der Waals surface area contributed by atoms with E-state index >= 15 is 0 Å². The minimum Gasteiger partial charge on any atom is -0.491 e. The number of nitrogens with one attached hydrogen (secondary N) is 1. The SMILES string of the molecule is C=CC1CC1n1cc(C(=O)NC2CCN(CC(O)COc3ccc(C)c(F)c3)CC2)c(=O)c2cc(F)c(Cl)cc21. The molecular weight excluding hydrogens is 540 g/mol. The normalized spacial score (nSPS) is 20.3. The van der Waals surface area contributed by atoms with E-state index in [0.29, 0.717) is 49.3 Å². The van der Waals surface area contributed by atoms with Crippen molar-refractivity contribution < 1.29 is 23.4 Å². The number of piperidine rings is 1. The molecule has 3 aromatic rings. The second-order valence-corrected chi connectivity index (χ2v) is 11.1. The number of aryl methyl sites for hydroxylation is 1. The average molecular weight is 572 g/mol. The number of fused-ring (bicyclic) bond motifs is 1. The molecule has 2 N–H and O–H groups in total. The van der Waals surface area contributed by atoms with Crippen molar-refractivity contribution in [1.29, 1.82) is 0 Å². The lowest BCUT2D eigenvalue weighted by Gasteiger charge is -2.33. The van der Waals surface area contributed by atoms with Crippen LogP contribution in [0.3, 0.4) is 0 Å². The van der Waals surface area contributed by atoms with Gasteiger partial charge in [-0.1, -0.05) is 23.7 Å². The summed E-state index contributed by atoms with van der Waals surface area (Å²) < 4.78 is 35.3. The first-order chi connectivity index (χ1) is 19.1. The molecule has 212 valence electrons. The van der Waals surface area contributed by atoms with Gasteiger partial charge in [-0.25, -0.2) is 8.78 Å². The van der Waals surface area contributed by atoms with Crippen LogP contribution in [0.15, 0.2) is 54.0 Å². The van der Waals surface area contributed by atoms with Crippen LogP contribution in [0.5, 0.6) is 5.75 Å². The Morgan fingerprint density at radius 3 is 2.67 bits per heavy atom. The van der Waals surface area contributed by atoms with Gasteiger partial charge in [0.2, 0.25) is 5.43 Å². The Balaban J connectivity index is 1.19. The molecule has 2 fully saturated rings. The Labute approximate surface area is 236 Å². The van der Waals surface area contributed by atoms with Gasteiger partial charge in [0.15, 0.2) is 0 Å². The summed E-state index contributed by atoms with van der Waals surface area (Å²) >= 11 is 6.01. The molecule has 40 heavy (non-hydrogen) atoms. The van der Waals surface area contributed by atoms with Crippen molar-refractivity contribution in [1.82, 2.24) is 14.8 Å². The molecule has 0 radical (unpaired) electrons. The molecule has 10 heteroatoms. The summed E-state index contributed by atoms with van der Waals surface area (Å²) in [5, 5.41) is 13.4. The first kappa shape index (κ1) is 28.3. The number of ether oxygens (including phenoxy) is 1. The van der Waals surface area contributed by atoms with Gasteiger partial charge in [0.25, 0.3) is 5.91 Å². The molecule has 5 rings (SSSR count). The van der Waals surface area contributed by atoms with Crippen LogP contribution >= 0.6 is 11.6 Å². The number of aliphatic hydroxyl groups is 1. The number of aromatic nitrogens is 1. The van der Waals surface area contributed by atoms with E-state index in [0.717, 1.165) is 12.5 Å².